The molecule has 2 aliphatic heterocycles. The Bertz CT molecular complexity index is 1230. The minimum Gasteiger partial charge on any atom is -0.467 e. The topological polar surface area (TPSA) is 106 Å². The summed E-state index contributed by atoms with van der Waals surface area (Å²) in [4.78, 5) is 14.9. The van der Waals surface area contributed by atoms with Gasteiger partial charge in [-0.05, 0) is 43.4 Å². The molecule has 5 rings (SSSR count). The van der Waals surface area contributed by atoms with Gasteiger partial charge in [-0.3, -0.25) is 9.58 Å². The van der Waals surface area contributed by atoms with Gasteiger partial charge in [0.05, 0.1) is 23.8 Å². The molecule has 3 aromatic rings. The van der Waals surface area contributed by atoms with Gasteiger partial charge in [0, 0.05) is 39.0 Å². The average molecular weight is 517 g/mol. The van der Waals surface area contributed by atoms with E-state index in [1.165, 1.54) is 16.2 Å². The second kappa shape index (κ2) is 10.0. The number of piperidine rings is 2. The van der Waals surface area contributed by atoms with Crippen LogP contribution in [-0.4, -0.2) is 81.3 Å². The Morgan fingerprint density at radius 3 is 2.86 bits per heavy atom. The summed E-state index contributed by atoms with van der Waals surface area (Å²) in [5.74, 6) is 0.594. The molecule has 0 unspecified atom stereocenters. The molecule has 1 aromatic carbocycles. The predicted octanol–water partition coefficient (Wildman–Crippen LogP) is 4.04. The number of alkyl halides is 1. The van der Waals surface area contributed by atoms with Crippen LogP contribution >= 0.6 is 11.3 Å². The molecule has 2 bridgehead atoms. The third-order valence-electron chi connectivity index (χ3n) is 7.05. The molecule has 2 aromatic heterocycles. The van der Waals surface area contributed by atoms with E-state index in [1.807, 2.05) is 43.4 Å². The molecule has 10 nitrogen and oxygen atoms in total. The van der Waals surface area contributed by atoms with Gasteiger partial charge in [-0.25, -0.2) is 9.18 Å². The van der Waals surface area contributed by atoms with Gasteiger partial charge in [0.2, 0.25) is 5.13 Å². The number of carboxylic acid groups (broad SMARTS) is 1. The first-order valence-corrected chi connectivity index (χ1v) is 12.7. The Hall–Kier alpha value is -3.25. The number of halogens is 1. The normalized spacial score (nSPS) is 23.5. The first kappa shape index (κ1) is 24.4. The van der Waals surface area contributed by atoms with E-state index in [9.17, 15) is 9.90 Å². The summed E-state index contributed by atoms with van der Waals surface area (Å²) >= 11 is 1.35. The maximum Gasteiger partial charge on any atom is 0.407 e. The molecule has 12 heteroatoms. The Balaban J connectivity index is 1.40. The van der Waals surface area contributed by atoms with Gasteiger partial charge in [0.25, 0.3) is 0 Å². The molecule has 2 fully saturated rings. The van der Waals surface area contributed by atoms with E-state index >= 15 is 4.39 Å². The molecule has 0 spiro atoms. The lowest BCUT2D eigenvalue weighted by Gasteiger charge is -2.50. The third kappa shape index (κ3) is 4.50. The molecular formula is C24H29FN6O4S. The lowest BCUT2D eigenvalue weighted by molar-refractivity contribution is -0.0126. The van der Waals surface area contributed by atoms with Gasteiger partial charge in [0.15, 0.2) is 11.8 Å². The minimum absolute atomic E-state index is 0.0729. The number of fused-ring (bicyclic) bond motifs is 2. The van der Waals surface area contributed by atoms with Crippen molar-refractivity contribution in [2.75, 3.05) is 25.9 Å². The number of amides is 1. The van der Waals surface area contributed by atoms with Crippen molar-refractivity contribution in [2.45, 2.75) is 50.0 Å². The highest BCUT2D eigenvalue weighted by Crippen LogP contribution is 2.41. The molecule has 0 aliphatic carbocycles. The zero-order chi connectivity index (χ0) is 25.4. The fourth-order valence-electron chi connectivity index (χ4n) is 5.29. The van der Waals surface area contributed by atoms with Crippen molar-refractivity contribution < 1.29 is 23.8 Å². The van der Waals surface area contributed by atoms with Crippen molar-refractivity contribution in [1.82, 2.24) is 24.9 Å². The van der Waals surface area contributed by atoms with Gasteiger partial charge in [-0.1, -0.05) is 17.4 Å². The van der Waals surface area contributed by atoms with E-state index in [-0.39, 0.29) is 12.8 Å². The fourth-order valence-corrected chi connectivity index (χ4v) is 6.18. The van der Waals surface area contributed by atoms with Crippen LogP contribution in [0.4, 0.5) is 14.3 Å². The Kier molecular flexibility index (Phi) is 6.80. The summed E-state index contributed by atoms with van der Waals surface area (Å²) in [6.07, 6.45) is 3.94. The zero-order valence-corrected chi connectivity index (χ0v) is 21.2. The molecule has 1 N–H and O–H groups in total. The summed E-state index contributed by atoms with van der Waals surface area (Å²) in [6, 6.07) is 4.54. The maximum atomic E-state index is 15.6. The summed E-state index contributed by atoms with van der Waals surface area (Å²) in [6.45, 7) is 0.0729. The number of benzene rings is 1. The van der Waals surface area contributed by atoms with Crippen molar-refractivity contribution in [3.63, 3.8) is 0 Å². The maximum absolute atomic E-state index is 15.6. The van der Waals surface area contributed by atoms with Crippen LogP contribution in [0.3, 0.4) is 0 Å². The second-order valence-electron chi connectivity index (χ2n) is 9.25. The quantitative estimate of drug-likeness (QED) is 0.469. The summed E-state index contributed by atoms with van der Waals surface area (Å²) < 4.78 is 28.3. The van der Waals surface area contributed by atoms with Crippen molar-refractivity contribution >= 4 is 22.6 Å². The number of carbonyl (C=O) groups is 1. The van der Waals surface area contributed by atoms with Crippen LogP contribution < -0.4 is 9.64 Å². The predicted molar refractivity (Wildman–Crippen MR) is 133 cm³/mol. The van der Waals surface area contributed by atoms with Crippen molar-refractivity contribution in [1.29, 1.82) is 0 Å². The van der Waals surface area contributed by atoms with Crippen LogP contribution in [0.5, 0.6) is 5.75 Å². The van der Waals surface area contributed by atoms with Crippen LogP contribution in [0.15, 0.2) is 30.6 Å². The number of rotatable bonds is 7. The van der Waals surface area contributed by atoms with Crippen molar-refractivity contribution in [2.24, 2.45) is 7.05 Å². The summed E-state index contributed by atoms with van der Waals surface area (Å²) in [5.41, 5.74) is 2.65. The highest BCUT2D eigenvalue weighted by atomic mass is 32.1. The summed E-state index contributed by atoms with van der Waals surface area (Å²) in [7, 11) is 5.22. The second-order valence-corrected chi connectivity index (χ2v) is 10.2. The molecule has 0 saturated carbocycles. The van der Waals surface area contributed by atoms with Crippen LogP contribution in [0.25, 0.3) is 21.7 Å². The fraction of sp³-hybridized carbons (Fsp3) is 0.500. The zero-order valence-electron chi connectivity index (χ0n) is 20.4. The van der Waals surface area contributed by atoms with Gasteiger partial charge in [-0.15, -0.1) is 10.2 Å². The number of nitrogens with zero attached hydrogens (tertiary/aromatic N) is 6. The lowest BCUT2D eigenvalue weighted by atomic mass is 9.80. The molecular weight excluding hydrogens is 487 g/mol. The Labute approximate surface area is 212 Å². The highest BCUT2D eigenvalue weighted by Gasteiger charge is 2.49. The molecule has 2 aliphatic rings. The monoisotopic (exact) mass is 516 g/mol. The average Bonchev–Trinajstić information content (AvgIpc) is 3.53. The first-order valence-electron chi connectivity index (χ1n) is 11.8. The minimum atomic E-state index is -1.30. The molecule has 0 radical (unpaired) electrons. The number of aryl methyl sites for hydroxylation is 1. The first-order chi connectivity index (χ1) is 17.4. The molecule has 4 heterocycles. The van der Waals surface area contributed by atoms with Crippen molar-refractivity contribution in [3.05, 3.63) is 30.6 Å². The van der Waals surface area contributed by atoms with Crippen LogP contribution in [-0.2, 0) is 11.8 Å². The molecule has 192 valence electrons. The standard InChI is InChI=1S/C24H29FN6O4S/c1-29-12-15(11-26-29)14-7-8-17(20(9-14)35-13-34-3)22-27-28-23(36-22)30(2)19-10-16-5-4-6-18(21(19)25)31(16)24(32)33/h7-9,11-12,16,18-19,21H,4-6,10,13H2,1-3H3,(H,32,33)/t16-,18+,19-,21+/m0/s1. The van der Waals surface area contributed by atoms with Gasteiger partial charge in [0.1, 0.15) is 11.9 Å². The van der Waals surface area contributed by atoms with Crippen molar-refractivity contribution in [3.8, 4) is 27.4 Å². The van der Waals surface area contributed by atoms with Gasteiger partial charge >= 0.3 is 6.09 Å². The lowest BCUT2D eigenvalue weighted by Crippen LogP contribution is -2.64. The largest absolute Gasteiger partial charge is 0.467 e. The van der Waals surface area contributed by atoms with Crippen LogP contribution in [0, 0.1) is 0 Å². The van der Waals surface area contributed by atoms with E-state index in [1.54, 1.807) is 18.0 Å². The Morgan fingerprint density at radius 2 is 2.14 bits per heavy atom. The highest BCUT2D eigenvalue weighted by molar-refractivity contribution is 7.18. The summed E-state index contributed by atoms with van der Waals surface area (Å²) in [5, 5.41) is 23.8. The number of ether oxygens (including phenoxy) is 2. The smallest absolute Gasteiger partial charge is 0.407 e. The number of anilines is 1. The van der Waals surface area contributed by atoms with E-state index in [2.05, 4.69) is 15.3 Å². The number of hydrogen-bond donors (Lipinski definition) is 1. The Morgan fingerprint density at radius 1 is 1.31 bits per heavy atom. The molecule has 36 heavy (non-hydrogen) atoms. The van der Waals surface area contributed by atoms with Crippen LogP contribution in [0.1, 0.15) is 25.7 Å². The van der Waals surface area contributed by atoms with E-state index in [0.29, 0.717) is 28.7 Å². The third-order valence-corrected chi connectivity index (χ3v) is 8.10. The SMILES string of the molecule is COCOc1cc(-c2cnn(C)c2)ccc1-c1nnc(N(C)[C@H]2C[C@@H]3CCC[C@H]([C@H]2F)N3C(=O)O)s1. The number of hydrogen-bond acceptors (Lipinski definition) is 8. The number of methoxy groups -OCH3 is 1. The number of aromatic nitrogens is 4. The molecule has 2 saturated heterocycles. The molecule has 4 atom stereocenters. The van der Waals surface area contributed by atoms with E-state index < -0.39 is 24.3 Å². The van der Waals surface area contributed by atoms with E-state index in [0.717, 1.165) is 29.5 Å². The van der Waals surface area contributed by atoms with Gasteiger partial charge < -0.3 is 19.5 Å². The molecule has 1 amide bonds. The van der Waals surface area contributed by atoms with Gasteiger partial charge in [-0.2, -0.15) is 5.10 Å². The van der Waals surface area contributed by atoms with E-state index in [4.69, 9.17) is 9.47 Å². The van der Waals surface area contributed by atoms with Crippen LogP contribution in [0.2, 0.25) is 0 Å².